The number of likely N-dealkylation sites (N-methyl/N-ethyl adjacent to an activating group) is 1. The molecule has 0 spiro atoms. The van der Waals surface area contributed by atoms with Crippen LogP contribution < -0.4 is 5.32 Å². The molecule has 0 fully saturated rings. The number of hydrogen-bond donors (Lipinski definition) is 1. The van der Waals surface area contributed by atoms with E-state index in [9.17, 15) is 0 Å². The van der Waals surface area contributed by atoms with Crippen molar-refractivity contribution in [1.82, 2.24) is 5.32 Å². The van der Waals surface area contributed by atoms with Crippen molar-refractivity contribution >= 4 is 0 Å². The van der Waals surface area contributed by atoms with E-state index in [0.29, 0.717) is 0 Å². The maximum atomic E-state index is 5.45. The van der Waals surface area contributed by atoms with Gasteiger partial charge in [0.15, 0.2) is 0 Å². The molecular formula is C11H21NO. The molecule has 0 saturated heterocycles. The monoisotopic (exact) mass is 183 g/mol. The third-order valence-electron chi connectivity index (χ3n) is 1.51. The average molecular weight is 183 g/mol. The smallest absolute Gasteiger partial charge is 0.100 e. The SMILES string of the molecule is CCNCCO/C(C)=C/C=C(C)C. The van der Waals surface area contributed by atoms with Crippen molar-refractivity contribution in [1.29, 1.82) is 0 Å². The van der Waals surface area contributed by atoms with Crippen LogP contribution in [0.3, 0.4) is 0 Å². The number of rotatable bonds is 6. The zero-order chi connectivity index (χ0) is 10.1. The fourth-order valence-corrected chi connectivity index (χ4v) is 0.793. The number of ether oxygens (including phenoxy) is 1. The maximum Gasteiger partial charge on any atom is 0.100 e. The van der Waals surface area contributed by atoms with Gasteiger partial charge in [0.1, 0.15) is 6.61 Å². The first kappa shape index (κ1) is 12.2. The minimum atomic E-state index is 0.743. The first-order valence-electron chi connectivity index (χ1n) is 4.82. The second-order valence-electron chi connectivity index (χ2n) is 3.22. The van der Waals surface area contributed by atoms with E-state index >= 15 is 0 Å². The molecule has 0 bridgehead atoms. The lowest BCUT2D eigenvalue weighted by atomic mass is 10.3. The molecule has 0 rings (SSSR count). The van der Waals surface area contributed by atoms with E-state index in [1.807, 2.05) is 13.0 Å². The fraction of sp³-hybridized carbons (Fsp3) is 0.636. The van der Waals surface area contributed by atoms with E-state index < -0.39 is 0 Å². The molecule has 13 heavy (non-hydrogen) atoms. The molecule has 0 aliphatic heterocycles. The zero-order valence-corrected chi connectivity index (χ0v) is 9.18. The van der Waals surface area contributed by atoms with Gasteiger partial charge in [0.05, 0.1) is 5.76 Å². The van der Waals surface area contributed by atoms with Gasteiger partial charge in [0.2, 0.25) is 0 Å². The highest BCUT2D eigenvalue weighted by Gasteiger charge is 1.87. The predicted molar refractivity (Wildman–Crippen MR) is 57.7 cm³/mol. The van der Waals surface area contributed by atoms with E-state index in [4.69, 9.17) is 4.74 Å². The van der Waals surface area contributed by atoms with Crippen LogP contribution in [0.4, 0.5) is 0 Å². The van der Waals surface area contributed by atoms with Crippen LogP contribution >= 0.6 is 0 Å². The number of allylic oxidation sites excluding steroid dienone is 4. The molecule has 0 saturated carbocycles. The third kappa shape index (κ3) is 9.15. The summed E-state index contributed by atoms with van der Waals surface area (Å²) in [6.07, 6.45) is 4.06. The van der Waals surface area contributed by atoms with Gasteiger partial charge in [-0.15, -0.1) is 0 Å². The van der Waals surface area contributed by atoms with Crippen LogP contribution in [-0.4, -0.2) is 19.7 Å². The zero-order valence-electron chi connectivity index (χ0n) is 9.18. The van der Waals surface area contributed by atoms with Crippen LogP contribution in [-0.2, 0) is 4.74 Å². The summed E-state index contributed by atoms with van der Waals surface area (Å²) in [5.74, 6) is 0.971. The Labute approximate surface area is 81.7 Å². The molecule has 0 aliphatic carbocycles. The summed E-state index contributed by atoms with van der Waals surface area (Å²) in [6.45, 7) is 10.9. The number of nitrogens with one attached hydrogen (secondary N) is 1. The maximum absolute atomic E-state index is 5.45. The highest BCUT2D eigenvalue weighted by atomic mass is 16.5. The van der Waals surface area contributed by atoms with E-state index in [0.717, 1.165) is 25.5 Å². The van der Waals surface area contributed by atoms with E-state index in [2.05, 4.69) is 32.2 Å². The molecule has 0 aromatic rings. The quantitative estimate of drug-likeness (QED) is 0.388. The first-order valence-corrected chi connectivity index (χ1v) is 4.82. The van der Waals surface area contributed by atoms with Crippen LogP contribution in [0.25, 0.3) is 0 Å². The summed E-state index contributed by atoms with van der Waals surface area (Å²) in [7, 11) is 0. The summed E-state index contributed by atoms with van der Waals surface area (Å²) in [5.41, 5.74) is 1.29. The van der Waals surface area contributed by atoms with Gasteiger partial charge in [0.25, 0.3) is 0 Å². The molecule has 1 N–H and O–H groups in total. The molecule has 0 amide bonds. The van der Waals surface area contributed by atoms with Crippen LogP contribution in [0.2, 0.25) is 0 Å². The van der Waals surface area contributed by atoms with E-state index in [1.165, 1.54) is 5.57 Å². The van der Waals surface area contributed by atoms with Crippen molar-refractivity contribution in [2.75, 3.05) is 19.7 Å². The van der Waals surface area contributed by atoms with Gasteiger partial charge in [-0.05, 0) is 33.4 Å². The fourth-order valence-electron chi connectivity index (χ4n) is 0.793. The second-order valence-corrected chi connectivity index (χ2v) is 3.22. The van der Waals surface area contributed by atoms with Gasteiger partial charge in [-0.1, -0.05) is 18.6 Å². The minimum absolute atomic E-state index is 0.743. The predicted octanol–water partition coefficient (Wildman–Crippen LogP) is 2.48. The van der Waals surface area contributed by atoms with Crippen molar-refractivity contribution in [3.63, 3.8) is 0 Å². The Morgan fingerprint density at radius 3 is 2.46 bits per heavy atom. The van der Waals surface area contributed by atoms with Crippen molar-refractivity contribution in [2.24, 2.45) is 0 Å². The largest absolute Gasteiger partial charge is 0.497 e. The van der Waals surface area contributed by atoms with Crippen LogP contribution in [0.1, 0.15) is 27.7 Å². The average Bonchev–Trinajstić information content (AvgIpc) is 2.09. The second kappa shape index (κ2) is 7.87. The normalized spacial score (nSPS) is 11.2. The molecule has 0 unspecified atom stereocenters. The van der Waals surface area contributed by atoms with E-state index in [1.54, 1.807) is 0 Å². The summed E-state index contributed by atoms with van der Waals surface area (Å²) in [6, 6.07) is 0. The van der Waals surface area contributed by atoms with Crippen molar-refractivity contribution in [2.45, 2.75) is 27.7 Å². The Kier molecular flexibility index (Phi) is 7.41. The molecule has 2 nitrogen and oxygen atoms in total. The molecule has 0 radical (unpaired) electrons. The lowest BCUT2D eigenvalue weighted by Gasteiger charge is -2.05. The standard InChI is InChI=1S/C11H21NO/c1-5-12-8-9-13-11(4)7-6-10(2)3/h6-7,12H,5,8-9H2,1-4H3/b11-7+. The Bertz CT molecular complexity index is 179. The summed E-state index contributed by atoms with van der Waals surface area (Å²) in [5, 5.41) is 3.20. The van der Waals surface area contributed by atoms with Crippen molar-refractivity contribution in [3.05, 3.63) is 23.5 Å². The molecule has 0 heterocycles. The number of hydrogen-bond acceptors (Lipinski definition) is 2. The summed E-state index contributed by atoms with van der Waals surface area (Å²) < 4.78 is 5.45. The van der Waals surface area contributed by atoms with Crippen molar-refractivity contribution in [3.8, 4) is 0 Å². The third-order valence-corrected chi connectivity index (χ3v) is 1.51. The van der Waals surface area contributed by atoms with Gasteiger partial charge >= 0.3 is 0 Å². The molecule has 0 aromatic carbocycles. The van der Waals surface area contributed by atoms with Crippen molar-refractivity contribution < 1.29 is 4.74 Å². The molecule has 0 aliphatic rings. The minimum Gasteiger partial charge on any atom is -0.497 e. The van der Waals surface area contributed by atoms with Crippen LogP contribution in [0.15, 0.2) is 23.5 Å². The van der Waals surface area contributed by atoms with Crippen LogP contribution in [0.5, 0.6) is 0 Å². The highest BCUT2D eigenvalue weighted by Crippen LogP contribution is 1.97. The Morgan fingerprint density at radius 2 is 1.92 bits per heavy atom. The lowest BCUT2D eigenvalue weighted by molar-refractivity contribution is 0.215. The Hall–Kier alpha value is -0.760. The molecule has 2 heteroatoms. The summed E-state index contributed by atoms with van der Waals surface area (Å²) >= 11 is 0. The summed E-state index contributed by atoms with van der Waals surface area (Å²) in [4.78, 5) is 0. The van der Waals surface area contributed by atoms with Gasteiger partial charge in [0, 0.05) is 6.54 Å². The van der Waals surface area contributed by atoms with Crippen LogP contribution in [0, 0.1) is 0 Å². The Balaban J connectivity index is 3.55. The molecule has 0 atom stereocenters. The van der Waals surface area contributed by atoms with Gasteiger partial charge in [-0.2, -0.15) is 0 Å². The topological polar surface area (TPSA) is 21.3 Å². The lowest BCUT2D eigenvalue weighted by Crippen LogP contribution is -2.18. The van der Waals surface area contributed by atoms with E-state index in [-0.39, 0.29) is 0 Å². The van der Waals surface area contributed by atoms with Gasteiger partial charge in [-0.25, -0.2) is 0 Å². The van der Waals surface area contributed by atoms with Gasteiger partial charge < -0.3 is 10.1 Å². The molecule has 0 aromatic heterocycles. The first-order chi connectivity index (χ1) is 6.16. The highest BCUT2D eigenvalue weighted by molar-refractivity contribution is 5.10. The molecular weight excluding hydrogens is 162 g/mol. The Morgan fingerprint density at radius 1 is 1.23 bits per heavy atom. The molecule has 76 valence electrons. The van der Waals surface area contributed by atoms with Gasteiger partial charge in [-0.3, -0.25) is 0 Å².